The fraction of sp³-hybridized carbons (Fsp3) is 0. The summed E-state index contributed by atoms with van der Waals surface area (Å²) in [4.78, 5) is 2.54. The summed E-state index contributed by atoms with van der Waals surface area (Å²) in [7, 11) is -19.7. The molecule has 7 N–H and O–H groups in total. The lowest BCUT2D eigenvalue weighted by Crippen LogP contribution is -2.04. The fourth-order valence-corrected chi connectivity index (χ4v) is 7.39. The third-order valence-corrected chi connectivity index (χ3v) is 11.4. The van der Waals surface area contributed by atoms with Gasteiger partial charge < -0.3 is 16.2 Å². The van der Waals surface area contributed by atoms with Crippen molar-refractivity contribution >= 4 is 103 Å². The second-order valence-corrected chi connectivity index (χ2v) is 17.0. The minimum Gasteiger partial charge on any atom is -0.505 e. The van der Waals surface area contributed by atoms with Crippen LogP contribution in [-0.4, -0.2) is 62.4 Å². The molecule has 4 aromatic carbocycles. The molecule has 5 rings (SSSR count). The second-order valence-electron chi connectivity index (χ2n) is 10.6. The van der Waals surface area contributed by atoms with Gasteiger partial charge in [-0.05, 0) is 60.0 Å². The average Bonchev–Trinajstić information content (AvgIpc) is 3.08. The van der Waals surface area contributed by atoms with E-state index in [4.69, 9.17) is 17.3 Å². The molecule has 0 aliphatic carbocycles. The number of nitrogens with one attached hydrogen (secondary N) is 1. The first-order chi connectivity index (χ1) is 25.4. The smallest absolute Gasteiger partial charge is 0.313 e. The minimum absolute atomic E-state index is 0.0761. The molecule has 288 valence electrons. The van der Waals surface area contributed by atoms with E-state index in [-0.39, 0.29) is 16.3 Å². The lowest BCUT2D eigenvalue weighted by Gasteiger charge is -2.14. The molecular formula is C28H19ClF2N8O12S4. The highest BCUT2D eigenvalue weighted by molar-refractivity contribution is 7.94. The van der Waals surface area contributed by atoms with Crippen LogP contribution in [0, 0.1) is 12.0 Å². The van der Waals surface area contributed by atoms with Gasteiger partial charge in [-0.2, -0.15) is 49.1 Å². The number of anilines is 3. The zero-order valence-electron chi connectivity index (χ0n) is 26.6. The van der Waals surface area contributed by atoms with Crippen LogP contribution in [0.15, 0.2) is 107 Å². The number of nitrogens with zero attached hydrogens (tertiary/aromatic N) is 6. The molecule has 0 saturated carbocycles. The van der Waals surface area contributed by atoms with E-state index in [2.05, 4.69) is 42.3 Å². The number of phenols is 1. The zero-order chi connectivity index (χ0) is 40.8. The summed E-state index contributed by atoms with van der Waals surface area (Å²) in [6.45, 7) is 3.20. The summed E-state index contributed by atoms with van der Waals surface area (Å²) in [6, 6.07) is 8.14. The summed E-state index contributed by atoms with van der Waals surface area (Å²) < 4.78 is 155. The molecule has 0 amide bonds. The van der Waals surface area contributed by atoms with E-state index in [1.165, 1.54) is 0 Å². The van der Waals surface area contributed by atoms with Crippen molar-refractivity contribution < 1.29 is 61.2 Å². The maximum absolute atomic E-state index is 13.9. The molecule has 0 saturated heterocycles. The van der Waals surface area contributed by atoms with Crippen LogP contribution in [0.1, 0.15) is 0 Å². The number of fused-ring (bicyclic) bond motifs is 1. The Labute approximate surface area is 312 Å². The molecule has 0 aliphatic heterocycles. The van der Waals surface area contributed by atoms with Crippen LogP contribution in [0.25, 0.3) is 10.8 Å². The highest BCUT2D eigenvalue weighted by Gasteiger charge is 2.28. The summed E-state index contributed by atoms with van der Waals surface area (Å²) in [5.41, 5.74) is 2.24. The Bertz CT molecular complexity index is 2970. The molecule has 0 bridgehead atoms. The average molecular weight is 861 g/mol. The van der Waals surface area contributed by atoms with Crippen molar-refractivity contribution in [2.24, 2.45) is 20.5 Å². The van der Waals surface area contributed by atoms with E-state index in [0.29, 0.717) is 17.5 Å². The van der Waals surface area contributed by atoms with Crippen LogP contribution in [0.3, 0.4) is 0 Å². The molecule has 0 spiro atoms. The van der Waals surface area contributed by atoms with Gasteiger partial charge in [0, 0.05) is 11.1 Å². The summed E-state index contributed by atoms with van der Waals surface area (Å²) in [5.74, 6) is -3.37. The largest absolute Gasteiger partial charge is 0.505 e. The van der Waals surface area contributed by atoms with Crippen LogP contribution in [0.5, 0.6) is 5.75 Å². The Morgan fingerprint density at radius 1 is 0.764 bits per heavy atom. The van der Waals surface area contributed by atoms with Crippen molar-refractivity contribution in [3.05, 3.63) is 83.6 Å². The summed E-state index contributed by atoms with van der Waals surface area (Å²) >= 11 is 5.75. The highest BCUT2D eigenvalue weighted by Crippen LogP contribution is 2.48. The van der Waals surface area contributed by atoms with E-state index in [0.717, 1.165) is 42.5 Å². The van der Waals surface area contributed by atoms with Crippen molar-refractivity contribution in [1.29, 1.82) is 0 Å². The molecule has 5 aromatic rings. The molecule has 0 atom stereocenters. The number of hydrogen-bond acceptors (Lipinski definition) is 17. The maximum Gasteiger partial charge on any atom is 0.313 e. The first kappa shape index (κ1) is 40.6. The fourth-order valence-electron chi connectivity index (χ4n) is 4.62. The number of nitrogen functional groups attached to an aromatic ring is 1. The Balaban J connectivity index is 1.71. The molecule has 27 heteroatoms. The number of halogens is 3. The molecule has 0 aliphatic rings. The Hall–Kier alpha value is -5.61. The van der Waals surface area contributed by atoms with Gasteiger partial charge in [0.1, 0.15) is 36.8 Å². The van der Waals surface area contributed by atoms with Gasteiger partial charge in [0.2, 0.25) is 5.95 Å². The number of aromatic hydroxyl groups is 1. The number of nitrogens with two attached hydrogens (primary N) is 1. The van der Waals surface area contributed by atoms with Gasteiger partial charge in [-0.3, -0.25) is 13.7 Å². The van der Waals surface area contributed by atoms with E-state index >= 15 is 0 Å². The monoisotopic (exact) mass is 860 g/mol. The van der Waals surface area contributed by atoms with Crippen LogP contribution in [-0.2, 0) is 40.2 Å². The van der Waals surface area contributed by atoms with Crippen LogP contribution in [0.4, 0.5) is 48.7 Å². The number of rotatable bonds is 11. The lowest BCUT2D eigenvalue weighted by atomic mass is 10.1. The summed E-state index contributed by atoms with van der Waals surface area (Å²) in [5, 5.41) is 27.0. The Morgan fingerprint density at radius 2 is 1.33 bits per heavy atom. The zero-order valence-corrected chi connectivity index (χ0v) is 30.6. The van der Waals surface area contributed by atoms with Gasteiger partial charge in [0.15, 0.2) is 21.4 Å². The maximum atomic E-state index is 13.9. The number of aromatic nitrogens is 2. The molecule has 0 unspecified atom stereocenters. The number of phenolic OH excluding ortho intramolecular Hbond substituents is 1. The van der Waals surface area contributed by atoms with Gasteiger partial charge in [0.05, 0.1) is 21.7 Å². The van der Waals surface area contributed by atoms with Crippen molar-refractivity contribution in [2.45, 2.75) is 19.6 Å². The standard InChI is InChI=1S/C28H19ClF2N8O12S4/c1-2-52(41,42)15-6-3-13(4-7-15)36-38-23-18(54(46,47)48)9-12-10-19(55(49,50)51)24(25(40)20(12)22(23)32)39-37-16-11-14(5-8-17(16)53(43,44)45)33-27-21(29)26(30)34-28(31)35-27/h2-11,40H,1,32H2,(H,33,34,35)(H,43,44,45)(H,46,47,48)(H,49,50,51). The topological polar surface area (TPSA) is 331 Å². The van der Waals surface area contributed by atoms with Gasteiger partial charge in [0.25, 0.3) is 30.4 Å². The van der Waals surface area contributed by atoms with Gasteiger partial charge in [-0.25, -0.2) is 8.42 Å². The van der Waals surface area contributed by atoms with E-state index in [1.807, 2.05) is 0 Å². The first-order valence-electron chi connectivity index (χ1n) is 14.1. The SMILES string of the molecule is C=CS(=O)(=O)c1ccc(N=Nc2c(S(=O)(=O)O)cc3cc(S(=O)(=O)O)c(N=Nc4cc(Nc5nc(F)nc(F)c5Cl)ccc4S(=O)(=O)O)c(O)c3c2N)cc1. The first-order valence-corrected chi connectivity index (χ1v) is 20.3. The van der Waals surface area contributed by atoms with Gasteiger partial charge >= 0.3 is 6.08 Å². The molecule has 0 fully saturated rings. The number of sulfone groups is 1. The Morgan fingerprint density at radius 3 is 1.89 bits per heavy atom. The van der Waals surface area contributed by atoms with Crippen molar-refractivity contribution in [3.8, 4) is 5.75 Å². The normalized spacial score (nSPS) is 12.8. The van der Waals surface area contributed by atoms with E-state index in [1.54, 1.807) is 0 Å². The van der Waals surface area contributed by atoms with Crippen LogP contribution in [0.2, 0.25) is 5.02 Å². The van der Waals surface area contributed by atoms with Crippen molar-refractivity contribution in [2.75, 3.05) is 11.1 Å². The number of azo groups is 2. The molecule has 20 nitrogen and oxygen atoms in total. The molecule has 55 heavy (non-hydrogen) atoms. The van der Waals surface area contributed by atoms with Crippen molar-refractivity contribution in [1.82, 2.24) is 9.97 Å². The number of benzene rings is 4. The van der Waals surface area contributed by atoms with Gasteiger partial charge in [-0.15, -0.1) is 15.3 Å². The predicted octanol–water partition coefficient (Wildman–Crippen LogP) is 6.08. The molecule has 1 heterocycles. The van der Waals surface area contributed by atoms with Gasteiger partial charge in [-0.1, -0.05) is 18.2 Å². The third kappa shape index (κ3) is 8.55. The Kier molecular flexibility index (Phi) is 10.7. The van der Waals surface area contributed by atoms with Crippen LogP contribution >= 0.6 is 11.6 Å². The van der Waals surface area contributed by atoms with E-state index in [9.17, 15) is 61.2 Å². The number of hydrogen-bond donors (Lipinski definition) is 6. The third-order valence-electron chi connectivity index (χ3n) is 7.06. The molecule has 0 radical (unpaired) electrons. The highest BCUT2D eigenvalue weighted by atomic mass is 35.5. The molecule has 1 aromatic heterocycles. The lowest BCUT2D eigenvalue weighted by molar-refractivity contribution is 0.472. The summed E-state index contributed by atoms with van der Waals surface area (Å²) in [6.07, 6.45) is -1.55. The van der Waals surface area contributed by atoms with E-state index < -0.39 is 117 Å². The van der Waals surface area contributed by atoms with Crippen LogP contribution < -0.4 is 11.1 Å². The molecular weight excluding hydrogens is 842 g/mol. The predicted molar refractivity (Wildman–Crippen MR) is 188 cm³/mol. The quantitative estimate of drug-likeness (QED) is 0.0288. The van der Waals surface area contributed by atoms with Crippen molar-refractivity contribution in [3.63, 3.8) is 0 Å². The minimum atomic E-state index is -5.42. The second kappa shape index (κ2) is 14.6.